The zero-order valence-corrected chi connectivity index (χ0v) is 16.1. The third-order valence-corrected chi connectivity index (χ3v) is 7.25. The molecule has 0 spiro atoms. The number of nitrogens with one attached hydrogen (secondary N) is 1. The molecular weight excluding hydrogens is 387 g/mol. The molecule has 1 aromatic carbocycles. The lowest BCUT2D eigenvalue weighted by atomic mass is 10.2. The van der Waals surface area contributed by atoms with Gasteiger partial charge in [-0.15, -0.1) is 23.2 Å². The van der Waals surface area contributed by atoms with E-state index >= 15 is 0 Å². The summed E-state index contributed by atoms with van der Waals surface area (Å²) in [6.45, 7) is 1.03. The Kier molecular flexibility index (Phi) is 5.21. The molecule has 1 heterocycles. The minimum Gasteiger partial charge on any atom is -0.495 e. The Labute approximate surface area is 157 Å². The molecule has 1 atom stereocenters. The molecule has 1 unspecified atom stereocenters. The fraction of sp³-hybridized carbons (Fsp3) is 0.562. The smallest absolute Gasteiger partial charge is 0.243 e. The maximum absolute atomic E-state index is 12.8. The van der Waals surface area contributed by atoms with E-state index in [2.05, 4.69) is 5.32 Å². The monoisotopic (exact) mass is 406 g/mol. The van der Waals surface area contributed by atoms with Crippen molar-refractivity contribution in [3.63, 3.8) is 0 Å². The number of nitrogens with zero attached hydrogens (tertiary/aromatic N) is 1. The number of amides is 1. The first-order valence-corrected chi connectivity index (χ1v) is 10.3. The van der Waals surface area contributed by atoms with Gasteiger partial charge in [0.2, 0.25) is 15.9 Å². The van der Waals surface area contributed by atoms with Gasteiger partial charge in [0.15, 0.2) is 0 Å². The first-order valence-electron chi connectivity index (χ1n) is 8.12. The number of sulfonamides is 1. The summed E-state index contributed by atoms with van der Waals surface area (Å²) in [6.07, 6.45) is 3.12. The van der Waals surface area contributed by atoms with Crippen molar-refractivity contribution in [3.05, 3.63) is 18.2 Å². The average Bonchev–Trinajstić information content (AvgIpc) is 3.24. The molecule has 1 saturated carbocycles. The number of ether oxygens (including phenoxy) is 1. The number of piperidine rings is 1. The van der Waals surface area contributed by atoms with Crippen molar-refractivity contribution >= 4 is 44.8 Å². The summed E-state index contributed by atoms with van der Waals surface area (Å²) in [5.41, 5.74) is 0.293. The van der Waals surface area contributed by atoms with Crippen LogP contribution in [0, 0.1) is 5.92 Å². The number of hydrogen-bond donors (Lipinski definition) is 1. The second kappa shape index (κ2) is 6.95. The maximum Gasteiger partial charge on any atom is 0.243 e. The van der Waals surface area contributed by atoms with Crippen LogP contribution >= 0.6 is 23.2 Å². The second-order valence-electron chi connectivity index (χ2n) is 6.33. The highest BCUT2D eigenvalue weighted by Gasteiger charge is 2.56. The van der Waals surface area contributed by atoms with Crippen LogP contribution in [-0.2, 0) is 14.8 Å². The van der Waals surface area contributed by atoms with Crippen LogP contribution in [0.4, 0.5) is 5.69 Å². The van der Waals surface area contributed by atoms with E-state index in [0.717, 1.165) is 19.3 Å². The molecule has 0 aromatic heterocycles. The first-order chi connectivity index (χ1) is 11.8. The average molecular weight is 407 g/mol. The van der Waals surface area contributed by atoms with Gasteiger partial charge in [-0.2, -0.15) is 4.31 Å². The Balaban J connectivity index is 1.85. The quantitative estimate of drug-likeness (QED) is 0.762. The molecule has 1 N–H and O–H groups in total. The Morgan fingerprint density at radius 2 is 1.92 bits per heavy atom. The fourth-order valence-corrected chi connectivity index (χ4v) is 4.97. The summed E-state index contributed by atoms with van der Waals surface area (Å²) in [6, 6.07) is 4.45. The van der Waals surface area contributed by atoms with Crippen molar-refractivity contribution in [2.24, 2.45) is 5.92 Å². The van der Waals surface area contributed by atoms with Crippen molar-refractivity contribution in [2.45, 2.75) is 34.9 Å². The second-order valence-corrected chi connectivity index (χ2v) is 9.81. The van der Waals surface area contributed by atoms with Gasteiger partial charge < -0.3 is 10.1 Å². The van der Waals surface area contributed by atoms with Crippen molar-refractivity contribution < 1.29 is 17.9 Å². The van der Waals surface area contributed by atoms with Crippen molar-refractivity contribution in [1.82, 2.24) is 4.31 Å². The molecule has 0 bridgehead atoms. The Bertz CT molecular complexity index is 776. The normalized spacial score (nSPS) is 23.1. The molecule has 138 valence electrons. The van der Waals surface area contributed by atoms with Crippen molar-refractivity contribution in [2.75, 3.05) is 25.5 Å². The summed E-state index contributed by atoms with van der Waals surface area (Å²) >= 11 is 11.8. The van der Waals surface area contributed by atoms with E-state index in [1.807, 2.05) is 0 Å². The Morgan fingerprint density at radius 3 is 2.48 bits per heavy atom. The van der Waals surface area contributed by atoms with Crippen LogP contribution in [0.5, 0.6) is 5.75 Å². The molecular formula is C16H20Cl2N2O4S. The molecule has 3 rings (SSSR count). The predicted molar refractivity (Wildman–Crippen MR) is 96.8 cm³/mol. The highest BCUT2D eigenvalue weighted by atomic mass is 35.5. The van der Waals surface area contributed by atoms with Crippen LogP contribution in [0.3, 0.4) is 0 Å². The van der Waals surface area contributed by atoms with Gasteiger partial charge >= 0.3 is 0 Å². The topological polar surface area (TPSA) is 75.7 Å². The highest BCUT2D eigenvalue weighted by molar-refractivity contribution is 7.89. The molecule has 0 radical (unpaired) electrons. The lowest BCUT2D eigenvalue weighted by Crippen LogP contribution is -2.35. The molecule has 2 fully saturated rings. The summed E-state index contributed by atoms with van der Waals surface area (Å²) in [4.78, 5) is 12.4. The van der Waals surface area contributed by atoms with E-state index in [4.69, 9.17) is 27.9 Å². The standard InChI is InChI=1S/C16H20Cl2N2O4S/c1-24-14-6-5-11(25(22,23)20-7-3-2-4-8-20)9-13(14)19-15(21)12-10-16(12,17)18/h5-6,9,12H,2-4,7-8,10H2,1H3,(H,19,21). The minimum absolute atomic E-state index is 0.129. The number of carbonyl (C=O) groups excluding carboxylic acids is 1. The number of methoxy groups -OCH3 is 1. The zero-order chi connectivity index (χ0) is 18.2. The number of anilines is 1. The van der Waals surface area contributed by atoms with E-state index in [1.54, 1.807) is 0 Å². The molecule has 1 aliphatic carbocycles. The predicted octanol–water partition coefficient (Wildman–Crippen LogP) is 3.00. The first kappa shape index (κ1) is 18.8. The summed E-state index contributed by atoms with van der Waals surface area (Å²) < 4.78 is 31.3. The van der Waals surface area contributed by atoms with E-state index in [0.29, 0.717) is 30.9 Å². The van der Waals surface area contributed by atoms with Gasteiger partial charge in [-0.1, -0.05) is 6.42 Å². The fourth-order valence-electron chi connectivity index (χ4n) is 2.92. The highest BCUT2D eigenvalue weighted by Crippen LogP contribution is 2.53. The number of alkyl halides is 2. The van der Waals surface area contributed by atoms with E-state index in [-0.39, 0.29) is 10.8 Å². The SMILES string of the molecule is COc1ccc(S(=O)(=O)N2CCCCC2)cc1NC(=O)C1CC1(Cl)Cl. The van der Waals surface area contributed by atoms with E-state index in [1.165, 1.54) is 29.6 Å². The lowest BCUT2D eigenvalue weighted by molar-refractivity contribution is -0.117. The van der Waals surface area contributed by atoms with Gasteiger partial charge in [-0.3, -0.25) is 4.79 Å². The van der Waals surface area contributed by atoms with Gasteiger partial charge in [0.1, 0.15) is 10.1 Å². The summed E-state index contributed by atoms with van der Waals surface area (Å²) in [7, 11) is -2.15. The maximum atomic E-state index is 12.8. The number of halogens is 2. The zero-order valence-electron chi connectivity index (χ0n) is 13.8. The number of benzene rings is 1. The van der Waals surface area contributed by atoms with Gasteiger partial charge in [0.05, 0.1) is 23.6 Å². The molecule has 1 amide bonds. The molecule has 2 aliphatic rings. The van der Waals surface area contributed by atoms with Crippen LogP contribution in [0.2, 0.25) is 0 Å². The molecule has 1 aromatic rings. The van der Waals surface area contributed by atoms with Crippen LogP contribution in [0.25, 0.3) is 0 Å². The van der Waals surface area contributed by atoms with Crippen molar-refractivity contribution in [3.8, 4) is 5.75 Å². The van der Waals surface area contributed by atoms with Gasteiger partial charge in [-0.05, 0) is 37.5 Å². The number of carbonyl (C=O) groups is 1. The molecule has 1 saturated heterocycles. The van der Waals surface area contributed by atoms with Crippen LogP contribution in [-0.4, -0.2) is 43.2 Å². The van der Waals surface area contributed by atoms with Gasteiger partial charge in [0.25, 0.3) is 0 Å². The van der Waals surface area contributed by atoms with Crippen molar-refractivity contribution in [1.29, 1.82) is 0 Å². The number of rotatable bonds is 5. The number of hydrogen-bond acceptors (Lipinski definition) is 4. The third kappa shape index (κ3) is 3.89. The Morgan fingerprint density at radius 1 is 1.28 bits per heavy atom. The van der Waals surface area contributed by atoms with Gasteiger partial charge in [-0.25, -0.2) is 8.42 Å². The van der Waals surface area contributed by atoms with E-state index in [9.17, 15) is 13.2 Å². The summed E-state index contributed by atoms with van der Waals surface area (Å²) in [5, 5.41) is 2.68. The van der Waals surface area contributed by atoms with E-state index < -0.39 is 20.3 Å². The van der Waals surface area contributed by atoms with Crippen LogP contribution in [0.1, 0.15) is 25.7 Å². The summed E-state index contributed by atoms with van der Waals surface area (Å²) in [5.74, 6) is -0.486. The lowest BCUT2D eigenvalue weighted by Gasteiger charge is -2.26. The molecule has 1 aliphatic heterocycles. The van der Waals surface area contributed by atoms with Crippen LogP contribution < -0.4 is 10.1 Å². The molecule has 9 heteroatoms. The molecule has 6 nitrogen and oxygen atoms in total. The third-order valence-electron chi connectivity index (χ3n) is 4.52. The van der Waals surface area contributed by atoms with Gasteiger partial charge in [0, 0.05) is 13.1 Å². The largest absolute Gasteiger partial charge is 0.495 e. The minimum atomic E-state index is -3.60. The Hall–Kier alpha value is -1.02. The molecule has 25 heavy (non-hydrogen) atoms. The van der Waals surface area contributed by atoms with Crippen LogP contribution in [0.15, 0.2) is 23.1 Å².